The molecule has 0 amide bonds. The second-order valence-electron chi connectivity index (χ2n) is 4.74. The average Bonchev–Trinajstić information content (AvgIpc) is 2.38. The van der Waals surface area contributed by atoms with Gasteiger partial charge < -0.3 is 15.4 Å². The van der Waals surface area contributed by atoms with E-state index < -0.39 is 0 Å². The molecular formula is C14H32IN3O. The van der Waals surface area contributed by atoms with Gasteiger partial charge in [0.15, 0.2) is 5.96 Å². The smallest absolute Gasteiger partial charge is 0.191 e. The maximum absolute atomic E-state index is 5.01. The van der Waals surface area contributed by atoms with E-state index in [1.807, 2.05) is 7.05 Å². The van der Waals surface area contributed by atoms with E-state index in [1.165, 1.54) is 32.1 Å². The highest BCUT2D eigenvalue weighted by Gasteiger charge is 2.04. The van der Waals surface area contributed by atoms with E-state index >= 15 is 0 Å². The van der Waals surface area contributed by atoms with E-state index in [-0.39, 0.29) is 24.0 Å². The summed E-state index contributed by atoms with van der Waals surface area (Å²) >= 11 is 0. The van der Waals surface area contributed by atoms with Crippen molar-refractivity contribution in [2.45, 2.75) is 58.4 Å². The molecule has 4 nitrogen and oxygen atoms in total. The Morgan fingerprint density at radius 3 is 2.53 bits per heavy atom. The summed E-state index contributed by atoms with van der Waals surface area (Å²) in [6, 6.07) is 0.482. The highest BCUT2D eigenvalue weighted by molar-refractivity contribution is 14.0. The van der Waals surface area contributed by atoms with Crippen molar-refractivity contribution in [3.63, 3.8) is 0 Å². The van der Waals surface area contributed by atoms with Crippen molar-refractivity contribution in [2.75, 3.05) is 27.3 Å². The lowest BCUT2D eigenvalue weighted by Crippen LogP contribution is -2.42. The minimum absolute atomic E-state index is 0. The summed E-state index contributed by atoms with van der Waals surface area (Å²) in [6.07, 6.45) is 7.48. The number of methoxy groups -OCH3 is 1. The molecule has 5 heteroatoms. The van der Waals surface area contributed by atoms with Crippen LogP contribution in [0.5, 0.6) is 0 Å². The summed E-state index contributed by atoms with van der Waals surface area (Å²) in [5.41, 5.74) is 0. The lowest BCUT2D eigenvalue weighted by molar-refractivity contribution is 0.195. The highest BCUT2D eigenvalue weighted by Crippen LogP contribution is 2.04. The molecule has 0 aliphatic heterocycles. The number of hydrogen-bond donors (Lipinski definition) is 2. The summed E-state index contributed by atoms with van der Waals surface area (Å²) in [5.74, 6) is 0.897. The summed E-state index contributed by atoms with van der Waals surface area (Å²) < 4.78 is 5.01. The molecule has 0 saturated heterocycles. The normalized spacial score (nSPS) is 12.7. The standard InChI is InChI=1S/C14H31N3O.HI/c1-5-6-7-8-10-13(2)17-14(15-3)16-11-9-12-18-4;/h13H,5-12H2,1-4H3,(H2,15,16,17);1H. The molecular weight excluding hydrogens is 353 g/mol. The van der Waals surface area contributed by atoms with E-state index in [9.17, 15) is 0 Å². The molecule has 0 aliphatic carbocycles. The summed E-state index contributed by atoms with van der Waals surface area (Å²) in [4.78, 5) is 4.22. The first-order valence-electron chi connectivity index (χ1n) is 7.20. The number of hydrogen-bond acceptors (Lipinski definition) is 2. The third-order valence-electron chi connectivity index (χ3n) is 2.92. The molecule has 0 rings (SSSR count). The van der Waals surface area contributed by atoms with Crippen LogP contribution < -0.4 is 10.6 Å². The molecule has 116 valence electrons. The fourth-order valence-electron chi connectivity index (χ4n) is 1.80. The zero-order valence-electron chi connectivity index (χ0n) is 13.0. The number of aliphatic imine (C=N–C) groups is 1. The SMILES string of the molecule is CCCCCCC(C)NC(=NC)NCCCOC.I. The molecule has 0 saturated carbocycles. The molecule has 19 heavy (non-hydrogen) atoms. The number of guanidine groups is 1. The predicted octanol–water partition coefficient (Wildman–Crippen LogP) is 3.16. The quantitative estimate of drug-likeness (QED) is 0.263. The van der Waals surface area contributed by atoms with Crippen LogP contribution in [0.2, 0.25) is 0 Å². The molecule has 0 aromatic carbocycles. The number of rotatable bonds is 10. The first-order valence-corrected chi connectivity index (χ1v) is 7.20. The van der Waals surface area contributed by atoms with Gasteiger partial charge >= 0.3 is 0 Å². The third-order valence-corrected chi connectivity index (χ3v) is 2.92. The van der Waals surface area contributed by atoms with Gasteiger partial charge in [0.1, 0.15) is 0 Å². The number of nitrogens with zero attached hydrogens (tertiary/aromatic N) is 1. The Labute approximate surface area is 136 Å². The average molecular weight is 385 g/mol. The molecule has 0 radical (unpaired) electrons. The van der Waals surface area contributed by atoms with E-state index in [4.69, 9.17) is 4.74 Å². The molecule has 2 N–H and O–H groups in total. The maximum Gasteiger partial charge on any atom is 0.191 e. The molecule has 1 unspecified atom stereocenters. The molecule has 1 atom stereocenters. The second-order valence-corrected chi connectivity index (χ2v) is 4.74. The number of halogens is 1. The lowest BCUT2D eigenvalue weighted by Gasteiger charge is -2.17. The van der Waals surface area contributed by atoms with E-state index in [1.54, 1.807) is 7.11 Å². The third kappa shape index (κ3) is 14.2. The molecule has 0 fully saturated rings. The first-order chi connectivity index (χ1) is 8.74. The van der Waals surface area contributed by atoms with E-state index in [0.717, 1.165) is 25.5 Å². The van der Waals surface area contributed by atoms with Crippen molar-refractivity contribution in [1.82, 2.24) is 10.6 Å². The van der Waals surface area contributed by atoms with Gasteiger partial charge in [-0.1, -0.05) is 32.6 Å². The number of ether oxygens (including phenoxy) is 1. The Hall–Kier alpha value is -0.0400. The first kappa shape index (κ1) is 21.3. The molecule has 0 aromatic rings. The fourth-order valence-corrected chi connectivity index (χ4v) is 1.80. The Kier molecular flexibility index (Phi) is 17.9. The number of unbranched alkanes of at least 4 members (excludes halogenated alkanes) is 3. The second kappa shape index (κ2) is 16.0. The van der Waals surface area contributed by atoms with Crippen LogP contribution >= 0.6 is 24.0 Å². The number of nitrogens with one attached hydrogen (secondary N) is 2. The van der Waals surface area contributed by atoms with Gasteiger partial charge in [-0.25, -0.2) is 0 Å². The van der Waals surface area contributed by atoms with Gasteiger partial charge in [0.25, 0.3) is 0 Å². The minimum Gasteiger partial charge on any atom is -0.385 e. The van der Waals surface area contributed by atoms with Crippen molar-refractivity contribution in [3.8, 4) is 0 Å². The molecule has 0 bridgehead atoms. The van der Waals surface area contributed by atoms with Gasteiger partial charge in [-0.05, 0) is 19.8 Å². The van der Waals surface area contributed by atoms with Crippen molar-refractivity contribution < 1.29 is 4.74 Å². The summed E-state index contributed by atoms with van der Waals surface area (Å²) in [7, 11) is 3.54. The van der Waals surface area contributed by atoms with Crippen LogP contribution in [-0.4, -0.2) is 39.3 Å². The van der Waals surface area contributed by atoms with Crippen molar-refractivity contribution in [3.05, 3.63) is 0 Å². The molecule has 0 aromatic heterocycles. The van der Waals surface area contributed by atoms with Crippen LogP contribution in [0.3, 0.4) is 0 Å². The highest BCUT2D eigenvalue weighted by atomic mass is 127. The summed E-state index contributed by atoms with van der Waals surface area (Å²) in [5, 5.41) is 6.71. The van der Waals surface area contributed by atoms with Crippen LogP contribution in [0, 0.1) is 0 Å². The molecule has 0 heterocycles. The zero-order valence-corrected chi connectivity index (χ0v) is 15.3. The van der Waals surface area contributed by atoms with E-state index in [0.29, 0.717) is 6.04 Å². The van der Waals surface area contributed by atoms with Gasteiger partial charge in [-0.2, -0.15) is 0 Å². The van der Waals surface area contributed by atoms with Crippen molar-refractivity contribution >= 4 is 29.9 Å². The van der Waals surface area contributed by atoms with Gasteiger partial charge in [0.2, 0.25) is 0 Å². The Morgan fingerprint density at radius 2 is 1.95 bits per heavy atom. The fraction of sp³-hybridized carbons (Fsp3) is 0.929. The van der Waals surface area contributed by atoms with Gasteiger partial charge in [0.05, 0.1) is 0 Å². The lowest BCUT2D eigenvalue weighted by atomic mass is 10.1. The van der Waals surface area contributed by atoms with Gasteiger partial charge in [-0.3, -0.25) is 4.99 Å². The van der Waals surface area contributed by atoms with Crippen LogP contribution in [0.4, 0.5) is 0 Å². The maximum atomic E-state index is 5.01. The Morgan fingerprint density at radius 1 is 1.21 bits per heavy atom. The van der Waals surface area contributed by atoms with Crippen LogP contribution in [0.25, 0.3) is 0 Å². The van der Waals surface area contributed by atoms with Gasteiger partial charge in [0, 0.05) is 33.4 Å². The van der Waals surface area contributed by atoms with Crippen LogP contribution in [0.1, 0.15) is 52.4 Å². The Bertz CT molecular complexity index is 213. The van der Waals surface area contributed by atoms with Crippen LogP contribution in [-0.2, 0) is 4.74 Å². The van der Waals surface area contributed by atoms with Crippen molar-refractivity contribution in [2.24, 2.45) is 4.99 Å². The minimum atomic E-state index is 0. The monoisotopic (exact) mass is 385 g/mol. The molecule has 0 spiro atoms. The zero-order chi connectivity index (χ0) is 13.6. The van der Waals surface area contributed by atoms with Crippen molar-refractivity contribution in [1.29, 1.82) is 0 Å². The molecule has 0 aliphatic rings. The largest absolute Gasteiger partial charge is 0.385 e. The topological polar surface area (TPSA) is 45.7 Å². The van der Waals surface area contributed by atoms with Gasteiger partial charge in [-0.15, -0.1) is 24.0 Å². The summed E-state index contributed by atoms with van der Waals surface area (Å²) in [6.45, 7) is 6.15. The van der Waals surface area contributed by atoms with Crippen LogP contribution in [0.15, 0.2) is 4.99 Å². The Balaban J connectivity index is 0. The predicted molar refractivity (Wildman–Crippen MR) is 94.6 cm³/mol. The van der Waals surface area contributed by atoms with E-state index in [2.05, 4.69) is 29.5 Å².